The highest BCUT2D eigenvalue weighted by Gasteiger charge is 2.36. The van der Waals surface area contributed by atoms with Gasteiger partial charge < -0.3 is 23.7 Å². The fourth-order valence-electron chi connectivity index (χ4n) is 4.63. The van der Waals surface area contributed by atoms with Crippen LogP contribution in [-0.2, 0) is 25.5 Å². The molecule has 41 heavy (non-hydrogen) atoms. The van der Waals surface area contributed by atoms with E-state index >= 15 is 0 Å². The van der Waals surface area contributed by atoms with Crippen LogP contribution in [0.5, 0.6) is 17.2 Å². The van der Waals surface area contributed by atoms with E-state index in [4.69, 9.17) is 23.7 Å². The van der Waals surface area contributed by atoms with Crippen molar-refractivity contribution in [2.45, 2.75) is 73.8 Å². The Labute approximate surface area is 252 Å². The van der Waals surface area contributed by atoms with Crippen LogP contribution in [0.25, 0.3) is 6.08 Å². The van der Waals surface area contributed by atoms with Gasteiger partial charge in [-0.05, 0) is 131 Å². The zero-order chi connectivity index (χ0) is 30.3. The first-order chi connectivity index (χ1) is 19.4. The van der Waals surface area contributed by atoms with E-state index in [2.05, 4.69) is 63.5 Å². The van der Waals surface area contributed by atoms with Crippen molar-refractivity contribution in [3.63, 3.8) is 0 Å². The van der Waals surface area contributed by atoms with E-state index in [9.17, 15) is 9.59 Å². The summed E-state index contributed by atoms with van der Waals surface area (Å²) in [6.07, 6.45) is 5.19. The number of benzene rings is 2. The lowest BCUT2D eigenvalue weighted by atomic mass is 9.87. The lowest BCUT2D eigenvalue weighted by Gasteiger charge is -2.38. The van der Waals surface area contributed by atoms with Gasteiger partial charge >= 0.3 is 11.9 Å². The summed E-state index contributed by atoms with van der Waals surface area (Å²) in [6.45, 7) is 17.0. The quantitative estimate of drug-likeness (QED) is 0.0843. The first kappa shape index (κ1) is 32.3. The second-order valence-electron chi connectivity index (χ2n) is 10.6. The van der Waals surface area contributed by atoms with Crippen LogP contribution < -0.4 is 14.2 Å². The second kappa shape index (κ2) is 14.1. The predicted octanol–water partition coefficient (Wildman–Crippen LogP) is 7.39. The number of esters is 2. The molecule has 8 heteroatoms. The van der Waals surface area contributed by atoms with Crippen molar-refractivity contribution < 1.29 is 33.3 Å². The highest BCUT2D eigenvalue weighted by molar-refractivity contribution is 9.10. The zero-order valence-corrected chi connectivity index (χ0v) is 27.0. The van der Waals surface area contributed by atoms with E-state index in [0.717, 1.165) is 41.0 Å². The maximum atomic E-state index is 12.3. The van der Waals surface area contributed by atoms with Gasteiger partial charge in [0.1, 0.15) is 41.6 Å². The summed E-state index contributed by atoms with van der Waals surface area (Å²) in [5, 5.41) is 0. The van der Waals surface area contributed by atoms with Crippen molar-refractivity contribution in [2.75, 3.05) is 26.4 Å². The fourth-order valence-corrected chi connectivity index (χ4v) is 5.14. The van der Waals surface area contributed by atoms with Crippen molar-refractivity contribution in [3.8, 4) is 17.2 Å². The average molecular weight is 630 g/mol. The van der Waals surface area contributed by atoms with Gasteiger partial charge in [0.15, 0.2) is 0 Å². The van der Waals surface area contributed by atoms with Crippen LogP contribution in [0.4, 0.5) is 0 Å². The minimum absolute atomic E-state index is 0.154. The van der Waals surface area contributed by atoms with Gasteiger partial charge in [-0.3, -0.25) is 0 Å². The molecule has 0 aliphatic carbocycles. The molecule has 1 aliphatic rings. The summed E-state index contributed by atoms with van der Waals surface area (Å²) in [7, 11) is 0. The second-order valence-corrected chi connectivity index (χ2v) is 11.5. The molecule has 0 aromatic heterocycles. The van der Waals surface area contributed by atoms with Gasteiger partial charge in [0, 0.05) is 5.56 Å². The molecule has 2 aromatic carbocycles. The molecule has 222 valence electrons. The SMILES string of the molecule is CCOC(=O)C(=Cc1ccc(OCC2(C)CCc3c(C)c(OCC=C(C)C)c(C)c(C)c3O2)c(Br)c1)C(=O)OCC. The van der Waals surface area contributed by atoms with Gasteiger partial charge in [0.25, 0.3) is 0 Å². The van der Waals surface area contributed by atoms with Crippen LogP contribution in [0.3, 0.4) is 0 Å². The maximum absolute atomic E-state index is 12.3. The number of rotatable bonds is 11. The molecule has 3 rings (SSSR count). The largest absolute Gasteiger partial charge is 0.489 e. The van der Waals surface area contributed by atoms with Crippen LogP contribution in [0.15, 0.2) is 39.9 Å². The van der Waals surface area contributed by atoms with Gasteiger partial charge in [-0.15, -0.1) is 0 Å². The van der Waals surface area contributed by atoms with Gasteiger partial charge in [-0.25, -0.2) is 9.59 Å². The Morgan fingerprint density at radius 2 is 1.66 bits per heavy atom. The summed E-state index contributed by atoms with van der Waals surface area (Å²) in [5.74, 6) is 1.03. The Balaban J connectivity index is 1.77. The van der Waals surface area contributed by atoms with E-state index < -0.39 is 17.5 Å². The van der Waals surface area contributed by atoms with Gasteiger partial charge in [-0.1, -0.05) is 11.6 Å². The molecule has 0 bridgehead atoms. The van der Waals surface area contributed by atoms with E-state index in [0.29, 0.717) is 29.0 Å². The molecular weight excluding hydrogens is 588 g/mol. The Hall–Kier alpha value is -3.26. The first-order valence-electron chi connectivity index (χ1n) is 14.0. The van der Waals surface area contributed by atoms with Crippen LogP contribution in [-0.4, -0.2) is 44.0 Å². The molecule has 0 amide bonds. The highest BCUT2D eigenvalue weighted by atomic mass is 79.9. The molecule has 2 aromatic rings. The monoisotopic (exact) mass is 628 g/mol. The average Bonchev–Trinajstić information content (AvgIpc) is 2.92. The summed E-state index contributed by atoms with van der Waals surface area (Å²) in [5.41, 5.74) is 5.65. The van der Waals surface area contributed by atoms with Crippen molar-refractivity contribution in [1.29, 1.82) is 0 Å². The normalized spacial score (nSPS) is 15.6. The van der Waals surface area contributed by atoms with Crippen molar-refractivity contribution in [3.05, 3.63) is 67.7 Å². The standard InChI is InChI=1S/C33H41BrO7/c1-9-37-31(35)26(32(36)38-10-2)17-24-11-12-28(27(34)18-24)40-19-33(8)15-13-25-23(7)29(39-16-14-20(3)4)21(5)22(6)30(25)41-33/h11-12,14,17-18H,9-10,13,15-16,19H2,1-8H3. The number of carbonyl (C=O) groups is 2. The van der Waals surface area contributed by atoms with E-state index in [-0.39, 0.29) is 18.8 Å². The summed E-state index contributed by atoms with van der Waals surface area (Å²) in [4.78, 5) is 24.6. The molecule has 0 saturated heterocycles. The summed E-state index contributed by atoms with van der Waals surface area (Å²) < 4.78 is 29.7. The Morgan fingerprint density at radius 1 is 1.00 bits per heavy atom. The van der Waals surface area contributed by atoms with Crippen molar-refractivity contribution in [1.82, 2.24) is 0 Å². The van der Waals surface area contributed by atoms with Gasteiger partial charge in [0.05, 0.1) is 17.7 Å². The molecule has 1 unspecified atom stereocenters. The van der Waals surface area contributed by atoms with Crippen LogP contribution in [0, 0.1) is 20.8 Å². The number of hydrogen-bond donors (Lipinski definition) is 0. The van der Waals surface area contributed by atoms with Crippen molar-refractivity contribution in [2.24, 2.45) is 0 Å². The molecule has 0 saturated carbocycles. The molecule has 0 spiro atoms. The highest BCUT2D eigenvalue weighted by Crippen LogP contribution is 2.44. The van der Waals surface area contributed by atoms with Crippen LogP contribution in [0.2, 0.25) is 0 Å². The molecule has 0 radical (unpaired) electrons. The Bertz CT molecular complexity index is 1330. The van der Waals surface area contributed by atoms with E-state index in [1.807, 2.05) is 0 Å². The number of allylic oxidation sites excluding steroid dienone is 1. The molecule has 1 atom stereocenters. The van der Waals surface area contributed by atoms with Crippen molar-refractivity contribution >= 4 is 33.9 Å². The van der Waals surface area contributed by atoms with Crippen LogP contribution >= 0.6 is 15.9 Å². The Kier molecular flexibility index (Phi) is 11.1. The minimum Gasteiger partial charge on any atom is -0.489 e. The maximum Gasteiger partial charge on any atom is 0.345 e. The third kappa shape index (κ3) is 7.94. The lowest BCUT2D eigenvalue weighted by Crippen LogP contribution is -2.42. The molecule has 7 nitrogen and oxygen atoms in total. The summed E-state index contributed by atoms with van der Waals surface area (Å²) >= 11 is 3.56. The number of carbonyl (C=O) groups excluding carboxylic acids is 2. The van der Waals surface area contributed by atoms with Crippen LogP contribution in [0.1, 0.15) is 68.9 Å². The molecule has 0 N–H and O–H groups in total. The number of hydrogen-bond acceptors (Lipinski definition) is 7. The minimum atomic E-state index is -0.725. The third-order valence-corrected chi connectivity index (χ3v) is 7.69. The topological polar surface area (TPSA) is 80.3 Å². The summed E-state index contributed by atoms with van der Waals surface area (Å²) in [6, 6.07) is 5.34. The third-order valence-electron chi connectivity index (χ3n) is 7.07. The van der Waals surface area contributed by atoms with Gasteiger partial charge in [0.2, 0.25) is 0 Å². The molecule has 1 aliphatic heterocycles. The lowest BCUT2D eigenvalue weighted by molar-refractivity contribution is -0.146. The first-order valence-corrected chi connectivity index (χ1v) is 14.8. The zero-order valence-electron chi connectivity index (χ0n) is 25.4. The van der Waals surface area contributed by atoms with Gasteiger partial charge in [-0.2, -0.15) is 0 Å². The predicted molar refractivity (Wildman–Crippen MR) is 164 cm³/mol. The van der Waals surface area contributed by atoms with E-state index in [1.165, 1.54) is 17.2 Å². The fraction of sp³-hybridized carbons (Fsp3) is 0.455. The van der Waals surface area contributed by atoms with E-state index in [1.54, 1.807) is 32.0 Å². The smallest absolute Gasteiger partial charge is 0.345 e. The Morgan fingerprint density at radius 3 is 2.24 bits per heavy atom. The number of halogens is 1. The molecule has 1 heterocycles. The molecule has 0 fully saturated rings. The number of fused-ring (bicyclic) bond motifs is 1. The number of ether oxygens (including phenoxy) is 5. The molecular formula is C33H41BrO7.